The number of benzene rings is 1. The van der Waals surface area contributed by atoms with Crippen LogP contribution in [0.2, 0.25) is 0 Å². The fraction of sp³-hybridized carbons (Fsp3) is 0.471. The minimum absolute atomic E-state index is 0.0644. The molecular formula is C17H20N2O4. The number of rotatable bonds is 2. The standard InChI is InChI=1S/C17H20N2O4/c1-17(16(22)23)8-3-9-19(17)15(21)12-4-6-13-11(10-12)5-7-14(20)18(13)2/h4,6,10H,3,5,7-9H2,1-2H3,(H,22,23). The summed E-state index contributed by atoms with van der Waals surface area (Å²) in [6, 6.07) is 5.24. The number of carboxylic acids is 1. The van der Waals surface area contributed by atoms with Gasteiger partial charge < -0.3 is 14.9 Å². The van der Waals surface area contributed by atoms with Crippen LogP contribution >= 0.6 is 0 Å². The number of hydrogen-bond acceptors (Lipinski definition) is 3. The number of hydrogen-bond donors (Lipinski definition) is 1. The van der Waals surface area contributed by atoms with Crippen LogP contribution in [0.15, 0.2) is 18.2 Å². The lowest BCUT2D eigenvalue weighted by molar-refractivity contribution is -0.147. The second-order valence-corrected chi connectivity index (χ2v) is 6.44. The van der Waals surface area contributed by atoms with E-state index in [-0.39, 0.29) is 11.8 Å². The summed E-state index contributed by atoms with van der Waals surface area (Å²) in [5, 5.41) is 9.46. The van der Waals surface area contributed by atoms with Gasteiger partial charge in [-0.1, -0.05) is 0 Å². The minimum atomic E-state index is -1.14. The van der Waals surface area contributed by atoms with Crippen LogP contribution in [0.1, 0.15) is 42.1 Å². The minimum Gasteiger partial charge on any atom is -0.480 e. The predicted molar refractivity (Wildman–Crippen MR) is 84.5 cm³/mol. The van der Waals surface area contributed by atoms with Crippen LogP contribution in [-0.2, 0) is 16.0 Å². The average Bonchev–Trinajstić information content (AvgIpc) is 2.93. The molecule has 3 rings (SSSR count). The van der Waals surface area contributed by atoms with Crippen molar-refractivity contribution in [2.24, 2.45) is 0 Å². The van der Waals surface area contributed by atoms with Gasteiger partial charge in [-0.25, -0.2) is 4.79 Å². The summed E-state index contributed by atoms with van der Waals surface area (Å²) in [5.41, 5.74) is 1.12. The van der Waals surface area contributed by atoms with Gasteiger partial charge in [0, 0.05) is 31.3 Å². The third kappa shape index (κ3) is 2.38. The third-order valence-electron chi connectivity index (χ3n) is 5.02. The lowest BCUT2D eigenvalue weighted by Crippen LogP contribution is -2.50. The molecule has 23 heavy (non-hydrogen) atoms. The molecule has 6 nitrogen and oxygen atoms in total. The summed E-state index contributed by atoms with van der Waals surface area (Å²) in [6.45, 7) is 2.06. The van der Waals surface area contributed by atoms with E-state index in [2.05, 4.69) is 0 Å². The van der Waals surface area contributed by atoms with Gasteiger partial charge in [0.05, 0.1) is 0 Å². The molecule has 2 heterocycles. The molecule has 2 amide bonds. The molecule has 2 aliphatic heterocycles. The molecule has 1 fully saturated rings. The molecule has 6 heteroatoms. The van der Waals surface area contributed by atoms with Crippen molar-refractivity contribution in [3.05, 3.63) is 29.3 Å². The first-order chi connectivity index (χ1) is 10.8. The van der Waals surface area contributed by atoms with Gasteiger partial charge in [0.2, 0.25) is 5.91 Å². The monoisotopic (exact) mass is 316 g/mol. The Morgan fingerprint density at radius 1 is 1.26 bits per heavy atom. The van der Waals surface area contributed by atoms with Gasteiger partial charge in [0.15, 0.2) is 0 Å². The highest BCUT2D eigenvalue weighted by atomic mass is 16.4. The molecule has 0 spiro atoms. The maximum Gasteiger partial charge on any atom is 0.329 e. The number of fused-ring (bicyclic) bond motifs is 1. The molecule has 1 aromatic rings. The summed E-state index contributed by atoms with van der Waals surface area (Å²) in [7, 11) is 1.73. The van der Waals surface area contributed by atoms with Gasteiger partial charge in [0.25, 0.3) is 5.91 Å². The number of carbonyl (C=O) groups excluding carboxylic acids is 2. The van der Waals surface area contributed by atoms with Crippen LogP contribution in [-0.4, -0.2) is 46.9 Å². The highest BCUT2D eigenvalue weighted by molar-refractivity contribution is 6.00. The van der Waals surface area contributed by atoms with Crippen LogP contribution in [0.5, 0.6) is 0 Å². The van der Waals surface area contributed by atoms with Crippen LogP contribution < -0.4 is 4.90 Å². The number of aliphatic carboxylic acids is 1. The molecule has 2 aliphatic rings. The predicted octanol–water partition coefficient (Wildman–Crippen LogP) is 1.67. The number of carboxylic acid groups (broad SMARTS) is 1. The topological polar surface area (TPSA) is 77.9 Å². The van der Waals surface area contributed by atoms with Crippen molar-refractivity contribution in [2.45, 2.75) is 38.1 Å². The van der Waals surface area contributed by atoms with Gasteiger partial charge in [-0.3, -0.25) is 9.59 Å². The fourth-order valence-electron chi connectivity index (χ4n) is 3.46. The van der Waals surface area contributed by atoms with E-state index < -0.39 is 11.5 Å². The average molecular weight is 316 g/mol. The van der Waals surface area contributed by atoms with Crippen molar-refractivity contribution in [1.82, 2.24) is 4.90 Å². The summed E-state index contributed by atoms with van der Waals surface area (Å²) >= 11 is 0. The van der Waals surface area contributed by atoms with Gasteiger partial charge in [-0.05, 0) is 49.9 Å². The molecule has 1 N–H and O–H groups in total. The third-order valence-corrected chi connectivity index (χ3v) is 5.02. The molecule has 0 aromatic heterocycles. The van der Waals surface area contributed by atoms with E-state index in [0.29, 0.717) is 37.8 Å². The van der Waals surface area contributed by atoms with Gasteiger partial charge in [-0.2, -0.15) is 0 Å². The van der Waals surface area contributed by atoms with Crippen LogP contribution in [0.3, 0.4) is 0 Å². The lowest BCUT2D eigenvalue weighted by atomic mass is 9.96. The van der Waals surface area contributed by atoms with Crippen LogP contribution in [0.4, 0.5) is 5.69 Å². The van der Waals surface area contributed by atoms with Gasteiger partial charge in [0.1, 0.15) is 5.54 Å². The molecule has 1 aromatic carbocycles. The number of aryl methyl sites for hydroxylation is 1. The lowest BCUT2D eigenvalue weighted by Gasteiger charge is -2.32. The fourth-order valence-corrected chi connectivity index (χ4v) is 3.46. The molecule has 1 saturated heterocycles. The van der Waals surface area contributed by atoms with E-state index in [1.54, 1.807) is 37.1 Å². The Morgan fingerprint density at radius 3 is 2.70 bits per heavy atom. The smallest absolute Gasteiger partial charge is 0.329 e. The Hall–Kier alpha value is -2.37. The number of amides is 2. The summed E-state index contributed by atoms with van der Waals surface area (Å²) in [6.07, 6.45) is 2.19. The Kier molecular flexibility index (Phi) is 3.62. The van der Waals surface area contributed by atoms with E-state index in [9.17, 15) is 19.5 Å². The Bertz CT molecular complexity index is 700. The summed E-state index contributed by atoms with van der Waals surface area (Å²) in [4.78, 5) is 39.1. The molecule has 0 radical (unpaired) electrons. The zero-order valence-corrected chi connectivity index (χ0v) is 13.3. The van der Waals surface area contributed by atoms with Crippen molar-refractivity contribution in [3.63, 3.8) is 0 Å². The van der Waals surface area contributed by atoms with Crippen LogP contribution in [0.25, 0.3) is 0 Å². The first kappa shape index (κ1) is 15.5. The summed E-state index contributed by atoms with van der Waals surface area (Å²) in [5.74, 6) is -1.16. The SMILES string of the molecule is CN1C(=O)CCc2cc(C(=O)N3CCCC3(C)C(=O)O)ccc21. The molecule has 0 saturated carbocycles. The first-order valence-corrected chi connectivity index (χ1v) is 7.79. The number of carbonyl (C=O) groups is 3. The number of nitrogens with zero attached hydrogens (tertiary/aromatic N) is 2. The van der Waals surface area contributed by atoms with Gasteiger partial charge >= 0.3 is 5.97 Å². The maximum atomic E-state index is 12.8. The molecule has 1 atom stereocenters. The Morgan fingerprint density at radius 2 is 2.00 bits per heavy atom. The number of anilines is 1. The normalized spacial score (nSPS) is 23.8. The zero-order chi connectivity index (χ0) is 16.8. The highest BCUT2D eigenvalue weighted by Crippen LogP contribution is 2.33. The second kappa shape index (κ2) is 5.37. The van der Waals surface area contributed by atoms with Crippen LogP contribution in [0, 0.1) is 0 Å². The quantitative estimate of drug-likeness (QED) is 0.900. The first-order valence-electron chi connectivity index (χ1n) is 7.79. The van der Waals surface area contributed by atoms with E-state index in [4.69, 9.17) is 0 Å². The van der Waals surface area contributed by atoms with E-state index >= 15 is 0 Å². The highest BCUT2D eigenvalue weighted by Gasteiger charge is 2.46. The molecule has 0 aliphatic carbocycles. The van der Waals surface area contributed by atoms with Crippen molar-refractivity contribution in [1.29, 1.82) is 0 Å². The van der Waals surface area contributed by atoms with Crippen molar-refractivity contribution in [3.8, 4) is 0 Å². The maximum absolute atomic E-state index is 12.8. The Labute approximate surface area is 134 Å². The van der Waals surface area contributed by atoms with E-state index in [1.807, 2.05) is 0 Å². The molecule has 122 valence electrons. The summed E-state index contributed by atoms with van der Waals surface area (Å²) < 4.78 is 0. The van der Waals surface area contributed by atoms with Crippen molar-refractivity contribution < 1.29 is 19.5 Å². The van der Waals surface area contributed by atoms with E-state index in [0.717, 1.165) is 11.3 Å². The largest absolute Gasteiger partial charge is 0.480 e. The molecule has 0 bridgehead atoms. The molecular weight excluding hydrogens is 296 g/mol. The van der Waals surface area contributed by atoms with Crippen molar-refractivity contribution in [2.75, 3.05) is 18.5 Å². The van der Waals surface area contributed by atoms with Crippen molar-refractivity contribution >= 4 is 23.5 Å². The zero-order valence-electron chi connectivity index (χ0n) is 13.3. The Balaban J connectivity index is 1.92. The van der Waals surface area contributed by atoms with E-state index in [1.165, 1.54) is 4.90 Å². The van der Waals surface area contributed by atoms with Gasteiger partial charge in [-0.15, -0.1) is 0 Å². The molecule has 1 unspecified atom stereocenters. The second-order valence-electron chi connectivity index (χ2n) is 6.44. The number of likely N-dealkylation sites (tertiary alicyclic amines) is 1.